The summed E-state index contributed by atoms with van der Waals surface area (Å²) in [6.45, 7) is 0. The van der Waals surface area contributed by atoms with E-state index in [0.29, 0.717) is 16.3 Å². The lowest BCUT2D eigenvalue weighted by Crippen LogP contribution is -2.15. The van der Waals surface area contributed by atoms with Gasteiger partial charge in [0.1, 0.15) is 0 Å². The standard InChI is InChI=1S/C24H15BrN2O3S/c25-19-12-10-15(11-13-19)20-14-31-24(26-20)27-23(30)18-8-6-17(7-9-18)22(29)21(28)16-4-2-1-3-5-16/h1-14H,(H,26,27,30). The number of halogens is 1. The zero-order valence-corrected chi connectivity index (χ0v) is 18.4. The van der Waals surface area contributed by atoms with Gasteiger partial charge < -0.3 is 0 Å². The summed E-state index contributed by atoms with van der Waals surface area (Å²) in [6.07, 6.45) is 0. The molecule has 0 aliphatic carbocycles. The molecule has 1 aromatic heterocycles. The van der Waals surface area contributed by atoms with Gasteiger partial charge in [0.05, 0.1) is 5.69 Å². The number of thiazole rings is 1. The van der Waals surface area contributed by atoms with E-state index in [1.54, 1.807) is 30.3 Å². The Balaban J connectivity index is 1.43. The van der Waals surface area contributed by atoms with Gasteiger partial charge in [-0.1, -0.05) is 70.5 Å². The molecule has 0 aliphatic heterocycles. The first-order valence-electron chi connectivity index (χ1n) is 9.28. The zero-order chi connectivity index (χ0) is 21.8. The lowest BCUT2D eigenvalue weighted by Gasteiger charge is -2.04. The summed E-state index contributed by atoms with van der Waals surface area (Å²) in [7, 11) is 0. The summed E-state index contributed by atoms with van der Waals surface area (Å²) in [5.74, 6) is -1.54. The molecule has 5 nitrogen and oxygen atoms in total. The highest BCUT2D eigenvalue weighted by atomic mass is 79.9. The second-order valence-electron chi connectivity index (χ2n) is 6.60. The van der Waals surface area contributed by atoms with Gasteiger partial charge in [0, 0.05) is 32.1 Å². The van der Waals surface area contributed by atoms with Gasteiger partial charge in [0.25, 0.3) is 5.91 Å². The maximum atomic E-state index is 12.5. The van der Waals surface area contributed by atoms with Gasteiger partial charge in [0.15, 0.2) is 5.13 Å². The molecule has 1 amide bonds. The number of nitrogens with zero attached hydrogens (tertiary/aromatic N) is 1. The highest BCUT2D eigenvalue weighted by Gasteiger charge is 2.18. The molecule has 7 heteroatoms. The number of rotatable bonds is 6. The van der Waals surface area contributed by atoms with Crippen molar-refractivity contribution in [3.8, 4) is 11.3 Å². The molecule has 4 rings (SSSR count). The molecule has 0 unspecified atom stereocenters. The fraction of sp³-hybridized carbons (Fsp3) is 0. The lowest BCUT2D eigenvalue weighted by molar-refractivity contribution is 0.0817. The molecule has 31 heavy (non-hydrogen) atoms. The Morgan fingerprint density at radius 2 is 1.32 bits per heavy atom. The van der Waals surface area contributed by atoms with Gasteiger partial charge in [-0.2, -0.15) is 0 Å². The number of carbonyl (C=O) groups is 3. The lowest BCUT2D eigenvalue weighted by atomic mass is 10.0. The minimum Gasteiger partial charge on any atom is -0.298 e. The topological polar surface area (TPSA) is 76.1 Å². The highest BCUT2D eigenvalue weighted by Crippen LogP contribution is 2.26. The molecule has 0 saturated carbocycles. The Labute approximate surface area is 190 Å². The highest BCUT2D eigenvalue weighted by molar-refractivity contribution is 9.10. The van der Waals surface area contributed by atoms with Crippen molar-refractivity contribution in [1.29, 1.82) is 0 Å². The molecule has 0 spiro atoms. The van der Waals surface area contributed by atoms with Crippen LogP contribution in [0.2, 0.25) is 0 Å². The predicted octanol–water partition coefficient (Wildman–Crippen LogP) is 5.89. The van der Waals surface area contributed by atoms with E-state index in [0.717, 1.165) is 15.7 Å². The van der Waals surface area contributed by atoms with Gasteiger partial charge >= 0.3 is 0 Å². The van der Waals surface area contributed by atoms with E-state index in [9.17, 15) is 14.4 Å². The number of benzene rings is 3. The van der Waals surface area contributed by atoms with E-state index in [-0.39, 0.29) is 11.5 Å². The maximum Gasteiger partial charge on any atom is 0.257 e. The number of aromatic nitrogens is 1. The van der Waals surface area contributed by atoms with Gasteiger partial charge in [-0.25, -0.2) is 4.98 Å². The van der Waals surface area contributed by atoms with Gasteiger partial charge in [-0.3, -0.25) is 19.7 Å². The van der Waals surface area contributed by atoms with Gasteiger partial charge in [-0.15, -0.1) is 11.3 Å². The molecule has 0 aliphatic rings. The average Bonchev–Trinajstić information content (AvgIpc) is 3.27. The van der Waals surface area contributed by atoms with Crippen molar-refractivity contribution in [2.75, 3.05) is 5.32 Å². The predicted molar refractivity (Wildman–Crippen MR) is 125 cm³/mol. The zero-order valence-electron chi connectivity index (χ0n) is 16.0. The second kappa shape index (κ2) is 9.16. The van der Waals surface area contributed by atoms with Crippen LogP contribution in [0.4, 0.5) is 5.13 Å². The Morgan fingerprint density at radius 3 is 1.97 bits per heavy atom. The molecular formula is C24H15BrN2O3S. The SMILES string of the molecule is O=C(Nc1nc(-c2ccc(Br)cc2)cs1)c1ccc(C(=O)C(=O)c2ccccc2)cc1. The summed E-state index contributed by atoms with van der Waals surface area (Å²) in [5, 5.41) is 5.11. The smallest absolute Gasteiger partial charge is 0.257 e. The first-order chi connectivity index (χ1) is 15.0. The summed E-state index contributed by atoms with van der Waals surface area (Å²) in [6, 6.07) is 22.1. The van der Waals surface area contributed by atoms with Crippen molar-refractivity contribution in [2.24, 2.45) is 0 Å². The number of amides is 1. The summed E-state index contributed by atoms with van der Waals surface area (Å²) >= 11 is 4.73. The third kappa shape index (κ3) is 4.84. The third-order valence-electron chi connectivity index (χ3n) is 4.52. The Bertz CT molecular complexity index is 1250. The molecule has 0 radical (unpaired) electrons. The van der Waals surface area contributed by atoms with E-state index in [1.807, 2.05) is 29.6 Å². The molecule has 0 atom stereocenters. The van der Waals surface area contributed by atoms with E-state index in [4.69, 9.17) is 0 Å². The van der Waals surface area contributed by atoms with E-state index < -0.39 is 11.6 Å². The molecule has 152 valence electrons. The van der Waals surface area contributed by atoms with E-state index in [2.05, 4.69) is 26.2 Å². The fourth-order valence-corrected chi connectivity index (χ4v) is 3.86. The quantitative estimate of drug-likeness (QED) is 0.270. The second-order valence-corrected chi connectivity index (χ2v) is 8.37. The van der Waals surface area contributed by atoms with Crippen molar-refractivity contribution >= 4 is 49.9 Å². The third-order valence-corrected chi connectivity index (χ3v) is 5.80. The number of carbonyl (C=O) groups excluding carboxylic acids is 3. The van der Waals surface area contributed by atoms with Crippen LogP contribution in [0.1, 0.15) is 31.1 Å². The first kappa shape index (κ1) is 20.8. The van der Waals surface area contributed by atoms with Crippen LogP contribution in [-0.2, 0) is 0 Å². The van der Waals surface area contributed by atoms with Crippen LogP contribution in [0.5, 0.6) is 0 Å². The van der Waals surface area contributed by atoms with Crippen LogP contribution in [-0.4, -0.2) is 22.5 Å². The Hall–Kier alpha value is -3.42. The monoisotopic (exact) mass is 490 g/mol. The first-order valence-corrected chi connectivity index (χ1v) is 11.0. The summed E-state index contributed by atoms with van der Waals surface area (Å²) in [5.41, 5.74) is 2.65. The van der Waals surface area contributed by atoms with Crippen molar-refractivity contribution in [2.45, 2.75) is 0 Å². The van der Waals surface area contributed by atoms with Crippen LogP contribution in [0.15, 0.2) is 88.7 Å². The maximum absolute atomic E-state index is 12.5. The van der Waals surface area contributed by atoms with Crippen LogP contribution in [0, 0.1) is 0 Å². The van der Waals surface area contributed by atoms with Crippen molar-refractivity contribution in [3.63, 3.8) is 0 Å². The minimum atomic E-state index is -0.614. The molecule has 3 aromatic carbocycles. The van der Waals surface area contributed by atoms with Crippen molar-refractivity contribution < 1.29 is 14.4 Å². The number of Topliss-reactive ketones (excluding diaryl/α,β-unsaturated/α-hetero) is 2. The number of hydrogen-bond donors (Lipinski definition) is 1. The van der Waals surface area contributed by atoms with Crippen LogP contribution in [0.25, 0.3) is 11.3 Å². The van der Waals surface area contributed by atoms with Gasteiger partial charge in [0.2, 0.25) is 11.6 Å². The molecule has 0 saturated heterocycles. The fourth-order valence-electron chi connectivity index (χ4n) is 2.88. The average molecular weight is 491 g/mol. The summed E-state index contributed by atoms with van der Waals surface area (Å²) in [4.78, 5) is 41.7. The molecular weight excluding hydrogens is 476 g/mol. The number of ketones is 2. The number of hydrogen-bond acceptors (Lipinski definition) is 5. The van der Waals surface area contributed by atoms with Crippen molar-refractivity contribution in [1.82, 2.24) is 4.98 Å². The molecule has 1 heterocycles. The van der Waals surface area contributed by atoms with E-state index in [1.165, 1.54) is 35.6 Å². The van der Waals surface area contributed by atoms with Crippen molar-refractivity contribution in [3.05, 3.63) is 105 Å². The minimum absolute atomic E-state index is 0.233. The van der Waals surface area contributed by atoms with Gasteiger partial charge in [-0.05, 0) is 24.3 Å². The number of nitrogens with one attached hydrogen (secondary N) is 1. The molecule has 0 fully saturated rings. The molecule has 1 N–H and O–H groups in total. The summed E-state index contributed by atoms with van der Waals surface area (Å²) < 4.78 is 0.979. The van der Waals surface area contributed by atoms with Crippen LogP contribution >= 0.6 is 27.3 Å². The Kier molecular flexibility index (Phi) is 6.16. The van der Waals surface area contributed by atoms with E-state index >= 15 is 0 Å². The molecule has 0 bridgehead atoms. The Morgan fingerprint density at radius 1 is 0.742 bits per heavy atom. The number of anilines is 1. The normalized spacial score (nSPS) is 10.5. The van der Waals surface area contributed by atoms with Crippen LogP contribution < -0.4 is 5.32 Å². The molecule has 4 aromatic rings. The van der Waals surface area contributed by atoms with Crippen LogP contribution in [0.3, 0.4) is 0 Å². The largest absolute Gasteiger partial charge is 0.298 e.